The van der Waals surface area contributed by atoms with Crippen LogP contribution in [0.5, 0.6) is 0 Å². The fourth-order valence-corrected chi connectivity index (χ4v) is 1.87. The predicted molar refractivity (Wildman–Crippen MR) is 59.9 cm³/mol. The smallest absolute Gasteiger partial charge is 0.334 e. The number of hydrogen-bond acceptors (Lipinski definition) is 6. The van der Waals surface area contributed by atoms with Crippen LogP contribution in [0.15, 0.2) is 10.6 Å². The van der Waals surface area contributed by atoms with Gasteiger partial charge in [0.25, 0.3) is 0 Å². The lowest BCUT2D eigenvalue weighted by Gasteiger charge is -2.29. The van der Waals surface area contributed by atoms with E-state index in [-0.39, 0.29) is 0 Å². The maximum Gasteiger partial charge on any atom is 0.334 e. The van der Waals surface area contributed by atoms with Crippen molar-refractivity contribution in [1.82, 2.24) is 10.1 Å². The van der Waals surface area contributed by atoms with Gasteiger partial charge in [0.05, 0.1) is 12.3 Å². The summed E-state index contributed by atoms with van der Waals surface area (Å²) in [6, 6.07) is 1.81. The van der Waals surface area contributed by atoms with Gasteiger partial charge in [-0.1, -0.05) is 5.16 Å². The molecular formula is C11H16N2O5. The van der Waals surface area contributed by atoms with Crippen molar-refractivity contribution in [2.75, 3.05) is 26.8 Å². The van der Waals surface area contributed by atoms with Crippen LogP contribution >= 0.6 is 0 Å². The van der Waals surface area contributed by atoms with Crippen LogP contribution in [-0.2, 0) is 27.4 Å². The van der Waals surface area contributed by atoms with Crippen LogP contribution in [0.1, 0.15) is 11.5 Å². The van der Waals surface area contributed by atoms with Gasteiger partial charge >= 0.3 is 5.97 Å². The van der Waals surface area contributed by atoms with E-state index in [1.54, 1.807) is 7.11 Å². The molecule has 1 N–H and O–H groups in total. The molecule has 0 spiro atoms. The summed E-state index contributed by atoms with van der Waals surface area (Å²) in [5.74, 6) is -0.268. The van der Waals surface area contributed by atoms with Crippen molar-refractivity contribution in [3.05, 3.63) is 17.5 Å². The second-order valence-corrected chi connectivity index (χ2v) is 4.15. The minimum Gasteiger partial charge on any atom is -0.479 e. The molecule has 1 aromatic heterocycles. The number of carboxylic acids is 1. The summed E-state index contributed by atoms with van der Waals surface area (Å²) in [4.78, 5) is 12.8. The van der Waals surface area contributed by atoms with Crippen LogP contribution in [-0.4, -0.2) is 54.0 Å². The van der Waals surface area contributed by atoms with E-state index in [1.807, 2.05) is 11.0 Å². The van der Waals surface area contributed by atoms with Crippen LogP contribution in [0.3, 0.4) is 0 Å². The highest BCUT2D eigenvalue weighted by Gasteiger charge is 2.26. The Hall–Kier alpha value is -1.44. The van der Waals surface area contributed by atoms with E-state index in [0.717, 1.165) is 5.69 Å². The molecule has 7 nitrogen and oxygen atoms in total. The number of nitrogens with zero attached hydrogens (tertiary/aromatic N) is 2. The molecule has 0 amide bonds. The van der Waals surface area contributed by atoms with Gasteiger partial charge < -0.3 is 19.1 Å². The molecule has 0 aliphatic carbocycles. The predicted octanol–water partition coefficient (Wildman–Crippen LogP) is 0.106. The summed E-state index contributed by atoms with van der Waals surface area (Å²) in [7, 11) is 1.58. The van der Waals surface area contributed by atoms with Gasteiger partial charge in [0.2, 0.25) is 0 Å². The minimum atomic E-state index is -0.931. The molecular weight excluding hydrogens is 240 g/mol. The highest BCUT2D eigenvalue weighted by atomic mass is 16.5. The normalized spacial score (nSPS) is 21.1. The summed E-state index contributed by atoms with van der Waals surface area (Å²) in [5.41, 5.74) is 0.771. The van der Waals surface area contributed by atoms with Crippen LogP contribution in [0.4, 0.5) is 0 Å². The number of aromatic nitrogens is 1. The van der Waals surface area contributed by atoms with E-state index in [4.69, 9.17) is 19.1 Å². The van der Waals surface area contributed by atoms with E-state index in [2.05, 4.69) is 5.16 Å². The van der Waals surface area contributed by atoms with Gasteiger partial charge in [0.15, 0.2) is 11.9 Å². The van der Waals surface area contributed by atoms with Crippen molar-refractivity contribution in [3.63, 3.8) is 0 Å². The third kappa shape index (κ3) is 3.28. The van der Waals surface area contributed by atoms with Crippen molar-refractivity contribution >= 4 is 5.97 Å². The molecule has 2 rings (SSSR count). The maximum atomic E-state index is 10.8. The summed E-state index contributed by atoms with van der Waals surface area (Å²) >= 11 is 0. The average Bonchev–Trinajstić information content (AvgIpc) is 2.77. The molecule has 1 unspecified atom stereocenters. The van der Waals surface area contributed by atoms with Crippen molar-refractivity contribution < 1.29 is 23.9 Å². The van der Waals surface area contributed by atoms with Crippen molar-refractivity contribution in [2.45, 2.75) is 19.3 Å². The Balaban J connectivity index is 1.89. The molecule has 1 aromatic rings. The van der Waals surface area contributed by atoms with Crippen LogP contribution in [0, 0.1) is 0 Å². The number of hydrogen-bond donors (Lipinski definition) is 1. The zero-order valence-corrected chi connectivity index (χ0v) is 10.2. The quantitative estimate of drug-likeness (QED) is 0.800. The summed E-state index contributed by atoms with van der Waals surface area (Å²) in [6.45, 7) is 2.41. The van der Waals surface area contributed by atoms with E-state index < -0.39 is 12.1 Å². The van der Waals surface area contributed by atoms with Crippen molar-refractivity contribution in [1.29, 1.82) is 0 Å². The van der Waals surface area contributed by atoms with E-state index in [0.29, 0.717) is 38.6 Å². The first-order valence-corrected chi connectivity index (χ1v) is 5.69. The Morgan fingerprint density at radius 1 is 1.72 bits per heavy atom. The van der Waals surface area contributed by atoms with Crippen LogP contribution in [0.25, 0.3) is 0 Å². The number of ether oxygens (including phenoxy) is 2. The highest BCUT2D eigenvalue weighted by molar-refractivity contribution is 5.72. The molecule has 2 heterocycles. The lowest BCUT2D eigenvalue weighted by molar-refractivity contribution is -0.156. The van der Waals surface area contributed by atoms with E-state index in [9.17, 15) is 4.79 Å². The highest BCUT2D eigenvalue weighted by Crippen LogP contribution is 2.11. The second kappa shape index (κ2) is 5.94. The molecule has 100 valence electrons. The summed E-state index contributed by atoms with van der Waals surface area (Å²) < 4.78 is 15.2. The molecule has 1 aliphatic rings. The molecule has 1 atom stereocenters. The number of rotatable bonds is 5. The second-order valence-electron chi connectivity index (χ2n) is 4.15. The standard InChI is InChI=1S/C11H16N2O5/c1-16-7-9-4-8(12-18-9)5-13-2-3-17-10(6-13)11(14)15/h4,10H,2-3,5-7H2,1H3,(H,14,15). The fraction of sp³-hybridized carbons (Fsp3) is 0.636. The van der Waals surface area contributed by atoms with Crippen LogP contribution in [0.2, 0.25) is 0 Å². The van der Waals surface area contributed by atoms with Gasteiger partial charge in [-0.05, 0) is 0 Å². The van der Waals surface area contributed by atoms with E-state index >= 15 is 0 Å². The zero-order valence-electron chi connectivity index (χ0n) is 10.2. The Morgan fingerprint density at radius 2 is 2.56 bits per heavy atom. The lowest BCUT2D eigenvalue weighted by atomic mass is 10.2. The monoisotopic (exact) mass is 256 g/mol. The molecule has 18 heavy (non-hydrogen) atoms. The summed E-state index contributed by atoms with van der Waals surface area (Å²) in [5, 5.41) is 12.8. The minimum absolute atomic E-state index is 0.363. The number of carboxylic acid groups (broad SMARTS) is 1. The molecule has 1 fully saturated rings. The third-order valence-electron chi connectivity index (χ3n) is 2.71. The van der Waals surface area contributed by atoms with Gasteiger partial charge in [-0.25, -0.2) is 4.79 Å². The van der Waals surface area contributed by atoms with Gasteiger partial charge in [0.1, 0.15) is 6.61 Å². The molecule has 1 saturated heterocycles. The molecule has 0 aromatic carbocycles. The van der Waals surface area contributed by atoms with E-state index in [1.165, 1.54) is 0 Å². The number of carbonyl (C=O) groups is 1. The molecule has 0 saturated carbocycles. The fourth-order valence-electron chi connectivity index (χ4n) is 1.87. The van der Waals surface area contributed by atoms with Gasteiger partial charge in [-0.3, -0.25) is 4.90 Å². The number of aliphatic carboxylic acids is 1. The van der Waals surface area contributed by atoms with Gasteiger partial charge in [0, 0.05) is 32.8 Å². The Kier molecular flexibility index (Phi) is 4.29. The SMILES string of the molecule is COCc1cc(CN2CCOC(C(=O)O)C2)no1. The van der Waals surface area contributed by atoms with Crippen molar-refractivity contribution in [3.8, 4) is 0 Å². The lowest BCUT2D eigenvalue weighted by Crippen LogP contribution is -2.45. The zero-order chi connectivity index (χ0) is 13.0. The molecule has 0 bridgehead atoms. The Bertz CT molecular complexity index is 406. The molecule has 7 heteroatoms. The first-order valence-electron chi connectivity index (χ1n) is 5.69. The number of morpholine rings is 1. The summed E-state index contributed by atoms with van der Waals surface area (Å²) in [6.07, 6.45) is -0.760. The molecule has 0 radical (unpaired) electrons. The van der Waals surface area contributed by atoms with Crippen LogP contribution < -0.4 is 0 Å². The van der Waals surface area contributed by atoms with Gasteiger partial charge in [-0.2, -0.15) is 0 Å². The van der Waals surface area contributed by atoms with Crippen molar-refractivity contribution in [2.24, 2.45) is 0 Å². The number of methoxy groups -OCH3 is 1. The topological polar surface area (TPSA) is 85.0 Å². The largest absolute Gasteiger partial charge is 0.479 e. The first kappa shape index (κ1) is 13.0. The molecule has 1 aliphatic heterocycles. The Labute approximate surface area is 104 Å². The first-order chi connectivity index (χ1) is 8.69. The average molecular weight is 256 g/mol. The van der Waals surface area contributed by atoms with Gasteiger partial charge in [-0.15, -0.1) is 0 Å². The maximum absolute atomic E-state index is 10.8. The Morgan fingerprint density at radius 3 is 3.28 bits per heavy atom. The third-order valence-corrected chi connectivity index (χ3v) is 2.71.